The van der Waals surface area contributed by atoms with Crippen LogP contribution < -0.4 is 11.1 Å². The van der Waals surface area contributed by atoms with Crippen molar-refractivity contribution in [3.8, 4) is 0 Å². The molecule has 0 radical (unpaired) electrons. The lowest BCUT2D eigenvalue weighted by molar-refractivity contribution is -0.113. The molecule has 0 bridgehead atoms. The number of aryl methyl sites for hydroxylation is 1. The summed E-state index contributed by atoms with van der Waals surface area (Å²) in [4.78, 5) is 11.4. The first-order chi connectivity index (χ1) is 7.61. The number of nitrogens with one attached hydrogen (secondary N) is 2. The third-order valence-corrected chi connectivity index (χ3v) is 2.72. The van der Waals surface area contributed by atoms with Crippen LogP contribution in [0.2, 0.25) is 0 Å². The van der Waals surface area contributed by atoms with Crippen molar-refractivity contribution < 1.29 is 4.79 Å². The maximum absolute atomic E-state index is 11.4. The molecule has 0 saturated heterocycles. The lowest BCUT2D eigenvalue weighted by atomic mass is 10.1. The van der Waals surface area contributed by atoms with E-state index in [1.54, 1.807) is 0 Å². The summed E-state index contributed by atoms with van der Waals surface area (Å²) in [5.74, 6) is 0.0228. The molecule has 1 aromatic carbocycles. The first kappa shape index (κ1) is 12.6. The molecule has 0 aliphatic heterocycles. The lowest BCUT2D eigenvalue weighted by Gasteiger charge is -2.05. The van der Waals surface area contributed by atoms with Crippen molar-refractivity contribution in [1.82, 2.24) is 0 Å². The van der Waals surface area contributed by atoms with Crippen LogP contribution in [-0.2, 0) is 11.2 Å². The molecular weight excluding hydrogens is 222 g/mol. The van der Waals surface area contributed by atoms with Gasteiger partial charge < -0.3 is 11.1 Å². The van der Waals surface area contributed by atoms with E-state index in [-0.39, 0.29) is 16.8 Å². The number of anilines is 1. The molecule has 4 N–H and O–H groups in total. The van der Waals surface area contributed by atoms with Gasteiger partial charge in [0.05, 0.1) is 5.75 Å². The quantitative estimate of drug-likeness (QED) is 0.552. The van der Waals surface area contributed by atoms with Gasteiger partial charge in [0.15, 0.2) is 5.17 Å². The van der Waals surface area contributed by atoms with E-state index in [0.717, 1.165) is 23.9 Å². The number of carbonyl (C=O) groups is 1. The minimum absolute atomic E-state index is 0.0449. The highest BCUT2D eigenvalue weighted by Gasteiger charge is 2.03. The van der Waals surface area contributed by atoms with E-state index in [0.29, 0.717) is 0 Å². The molecule has 4 nitrogen and oxygen atoms in total. The van der Waals surface area contributed by atoms with Gasteiger partial charge >= 0.3 is 0 Å². The summed E-state index contributed by atoms with van der Waals surface area (Å²) in [6.07, 6.45) is 0.981. The van der Waals surface area contributed by atoms with Gasteiger partial charge in [0, 0.05) is 5.69 Å². The minimum Gasteiger partial charge on any atom is -0.379 e. The normalized spacial score (nSPS) is 9.81. The fraction of sp³-hybridized carbons (Fsp3) is 0.273. The SMILES string of the molecule is CCc1ccc(NC(=O)CSC(=N)N)cc1. The highest BCUT2D eigenvalue weighted by Crippen LogP contribution is 2.10. The molecule has 16 heavy (non-hydrogen) atoms. The zero-order valence-corrected chi connectivity index (χ0v) is 9.93. The number of amides is 1. The standard InChI is InChI=1S/C11H15N3OS/c1-2-8-3-5-9(6-4-8)14-10(15)7-16-11(12)13/h3-6H,2,7H2,1H3,(H3,12,13)(H,14,15). The van der Waals surface area contributed by atoms with Gasteiger partial charge in [0.1, 0.15) is 0 Å². The van der Waals surface area contributed by atoms with Crippen molar-refractivity contribution in [3.05, 3.63) is 29.8 Å². The second-order valence-electron chi connectivity index (χ2n) is 3.25. The number of nitrogens with two attached hydrogens (primary N) is 1. The Morgan fingerprint density at radius 2 is 2.06 bits per heavy atom. The van der Waals surface area contributed by atoms with Crippen LogP contribution in [-0.4, -0.2) is 16.8 Å². The third kappa shape index (κ3) is 4.35. The van der Waals surface area contributed by atoms with Crippen LogP contribution in [0.3, 0.4) is 0 Å². The molecule has 5 heteroatoms. The van der Waals surface area contributed by atoms with E-state index in [1.165, 1.54) is 5.56 Å². The maximum atomic E-state index is 11.4. The molecule has 0 unspecified atom stereocenters. The van der Waals surface area contributed by atoms with Crippen molar-refractivity contribution in [2.45, 2.75) is 13.3 Å². The Bertz CT molecular complexity index is 375. The van der Waals surface area contributed by atoms with Crippen LogP contribution in [0.4, 0.5) is 5.69 Å². The zero-order chi connectivity index (χ0) is 12.0. The molecule has 0 atom stereocenters. The van der Waals surface area contributed by atoms with Crippen molar-refractivity contribution in [3.63, 3.8) is 0 Å². The average molecular weight is 237 g/mol. The predicted molar refractivity (Wildman–Crippen MR) is 68.8 cm³/mol. The second-order valence-corrected chi connectivity index (χ2v) is 4.27. The molecule has 1 aromatic rings. The van der Waals surface area contributed by atoms with Crippen molar-refractivity contribution in [2.75, 3.05) is 11.1 Å². The average Bonchev–Trinajstić information content (AvgIpc) is 2.27. The van der Waals surface area contributed by atoms with E-state index in [4.69, 9.17) is 11.1 Å². The van der Waals surface area contributed by atoms with Crippen LogP contribution >= 0.6 is 11.8 Å². The minimum atomic E-state index is -0.149. The van der Waals surface area contributed by atoms with Gasteiger partial charge in [0.2, 0.25) is 5.91 Å². The maximum Gasteiger partial charge on any atom is 0.234 e. The van der Waals surface area contributed by atoms with E-state index in [9.17, 15) is 4.79 Å². The van der Waals surface area contributed by atoms with Crippen LogP contribution in [0.5, 0.6) is 0 Å². The van der Waals surface area contributed by atoms with E-state index < -0.39 is 0 Å². The summed E-state index contributed by atoms with van der Waals surface area (Å²) in [7, 11) is 0. The molecule has 0 aromatic heterocycles. The highest BCUT2D eigenvalue weighted by atomic mass is 32.2. The predicted octanol–water partition coefficient (Wildman–Crippen LogP) is 1.81. The fourth-order valence-corrected chi connectivity index (χ4v) is 1.52. The van der Waals surface area contributed by atoms with Crippen molar-refractivity contribution in [2.24, 2.45) is 5.73 Å². The molecule has 0 spiro atoms. The number of hydrogen-bond acceptors (Lipinski definition) is 3. The monoisotopic (exact) mass is 237 g/mol. The van der Waals surface area contributed by atoms with E-state index >= 15 is 0 Å². The molecule has 86 valence electrons. The number of thioether (sulfide) groups is 1. The van der Waals surface area contributed by atoms with E-state index in [2.05, 4.69) is 12.2 Å². The summed E-state index contributed by atoms with van der Waals surface area (Å²) in [5, 5.41) is 9.67. The Morgan fingerprint density at radius 1 is 1.44 bits per heavy atom. The third-order valence-electron chi connectivity index (χ3n) is 2.00. The summed E-state index contributed by atoms with van der Waals surface area (Å²) >= 11 is 1.02. The van der Waals surface area contributed by atoms with Crippen LogP contribution in [0.1, 0.15) is 12.5 Å². The summed E-state index contributed by atoms with van der Waals surface area (Å²) in [6, 6.07) is 7.70. The highest BCUT2D eigenvalue weighted by molar-refractivity contribution is 8.14. The number of amidine groups is 1. The molecule has 0 saturated carbocycles. The Hall–Kier alpha value is -1.49. The Kier molecular flexibility index (Phi) is 4.85. The first-order valence-electron chi connectivity index (χ1n) is 4.97. The molecule has 0 fully saturated rings. The summed E-state index contributed by atoms with van der Waals surface area (Å²) in [6.45, 7) is 2.08. The van der Waals surface area contributed by atoms with Crippen molar-refractivity contribution >= 4 is 28.5 Å². The second kappa shape index (κ2) is 6.17. The summed E-state index contributed by atoms with van der Waals surface area (Å²) in [5.41, 5.74) is 7.14. The topological polar surface area (TPSA) is 79.0 Å². The van der Waals surface area contributed by atoms with Crippen LogP contribution in [0, 0.1) is 5.41 Å². The van der Waals surface area contributed by atoms with Gasteiger partial charge in [-0.25, -0.2) is 0 Å². The van der Waals surface area contributed by atoms with E-state index in [1.807, 2.05) is 24.3 Å². The molecule has 0 aliphatic rings. The number of rotatable bonds is 4. The molecular formula is C11H15N3OS. The van der Waals surface area contributed by atoms with Gasteiger partial charge in [-0.2, -0.15) is 0 Å². The van der Waals surface area contributed by atoms with Crippen LogP contribution in [0.15, 0.2) is 24.3 Å². The molecule has 0 aliphatic carbocycles. The number of hydrogen-bond donors (Lipinski definition) is 3. The number of benzene rings is 1. The Labute approximate surface area is 99.1 Å². The van der Waals surface area contributed by atoms with Crippen molar-refractivity contribution in [1.29, 1.82) is 5.41 Å². The first-order valence-corrected chi connectivity index (χ1v) is 5.96. The van der Waals surface area contributed by atoms with Gasteiger partial charge in [-0.3, -0.25) is 10.2 Å². The largest absolute Gasteiger partial charge is 0.379 e. The Morgan fingerprint density at radius 3 is 2.56 bits per heavy atom. The van der Waals surface area contributed by atoms with Gasteiger partial charge in [0.25, 0.3) is 0 Å². The van der Waals surface area contributed by atoms with Crippen LogP contribution in [0.25, 0.3) is 0 Å². The van der Waals surface area contributed by atoms with Gasteiger partial charge in [-0.05, 0) is 24.1 Å². The Balaban J connectivity index is 2.46. The fourth-order valence-electron chi connectivity index (χ4n) is 1.16. The number of carbonyl (C=O) groups excluding carboxylic acids is 1. The zero-order valence-electron chi connectivity index (χ0n) is 9.12. The molecule has 1 amide bonds. The summed E-state index contributed by atoms with van der Waals surface area (Å²) < 4.78 is 0. The van der Waals surface area contributed by atoms with Gasteiger partial charge in [-0.1, -0.05) is 30.8 Å². The lowest BCUT2D eigenvalue weighted by Crippen LogP contribution is -2.17. The molecule has 0 heterocycles. The smallest absolute Gasteiger partial charge is 0.234 e. The van der Waals surface area contributed by atoms with Gasteiger partial charge in [-0.15, -0.1) is 0 Å². The molecule has 1 rings (SSSR count).